The van der Waals surface area contributed by atoms with Gasteiger partial charge in [-0.15, -0.1) is 6.58 Å². The minimum absolute atomic E-state index is 1.10. The fourth-order valence-corrected chi connectivity index (χ4v) is 1.09. The Balaban J connectivity index is 3.66. The Morgan fingerprint density at radius 1 is 1.08 bits per heavy atom. The van der Waals surface area contributed by atoms with Gasteiger partial charge in [0.2, 0.25) is 0 Å². The lowest BCUT2D eigenvalue weighted by atomic mass is 10.1. The van der Waals surface area contributed by atoms with Crippen LogP contribution in [0.15, 0.2) is 36.0 Å². The first-order valence-electron chi connectivity index (χ1n) is 5.09. The normalized spacial score (nSPS) is 13.2. The Labute approximate surface area is 83.0 Å². The van der Waals surface area contributed by atoms with Gasteiger partial charge in [-0.2, -0.15) is 0 Å². The molecule has 0 amide bonds. The number of hydrogen-bond acceptors (Lipinski definition) is 0. The lowest BCUT2D eigenvalue weighted by Gasteiger charge is -2.01. The van der Waals surface area contributed by atoms with Crippen LogP contribution in [0.25, 0.3) is 0 Å². The molecule has 0 saturated carbocycles. The molecule has 0 rings (SSSR count). The largest absolute Gasteiger partial charge is 0.103 e. The van der Waals surface area contributed by atoms with Crippen LogP contribution >= 0.6 is 0 Å². The van der Waals surface area contributed by atoms with Crippen molar-refractivity contribution < 1.29 is 0 Å². The second kappa shape index (κ2) is 7.85. The lowest BCUT2D eigenvalue weighted by Crippen LogP contribution is -1.80. The average Bonchev–Trinajstić information content (AvgIpc) is 2.14. The van der Waals surface area contributed by atoms with Crippen molar-refractivity contribution in [2.45, 2.75) is 46.5 Å². The van der Waals surface area contributed by atoms with E-state index in [9.17, 15) is 0 Å². The van der Waals surface area contributed by atoms with Gasteiger partial charge in [-0.1, -0.05) is 29.4 Å². The highest BCUT2D eigenvalue weighted by atomic mass is 14.0. The van der Waals surface area contributed by atoms with E-state index in [0.717, 1.165) is 12.8 Å². The third-order valence-corrected chi connectivity index (χ3v) is 2.27. The van der Waals surface area contributed by atoms with Gasteiger partial charge in [-0.25, -0.2) is 0 Å². The molecule has 0 heterocycles. The molecule has 0 bridgehead atoms. The molecule has 0 atom stereocenters. The molecular weight excluding hydrogens is 156 g/mol. The summed E-state index contributed by atoms with van der Waals surface area (Å²) in [5.74, 6) is 0. The smallest absolute Gasteiger partial charge is 0.0286 e. The molecule has 0 aliphatic rings. The number of allylic oxidation sites excluding steroid dienone is 5. The molecule has 0 aromatic carbocycles. The van der Waals surface area contributed by atoms with Gasteiger partial charge in [-0.05, 0) is 46.5 Å². The molecule has 0 aliphatic carbocycles. The summed E-state index contributed by atoms with van der Waals surface area (Å²) < 4.78 is 0. The van der Waals surface area contributed by atoms with Gasteiger partial charge in [0.25, 0.3) is 0 Å². The predicted molar refractivity (Wildman–Crippen MR) is 61.9 cm³/mol. The van der Waals surface area contributed by atoms with Crippen molar-refractivity contribution in [2.24, 2.45) is 0 Å². The third-order valence-electron chi connectivity index (χ3n) is 2.27. The maximum absolute atomic E-state index is 3.71. The molecule has 0 saturated heterocycles. The third kappa shape index (κ3) is 7.58. The molecule has 74 valence electrons. The molecule has 0 spiro atoms. The Kier molecular flexibility index (Phi) is 7.38. The van der Waals surface area contributed by atoms with Crippen molar-refractivity contribution >= 4 is 0 Å². The van der Waals surface area contributed by atoms with Gasteiger partial charge in [0.05, 0.1) is 0 Å². The topological polar surface area (TPSA) is 0 Å². The van der Waals surface area contributed by atoms with E-state index in [4.69, 9.17) is 0 Å². The zero-order chi connectivity index (χ0) is 10.1. The highest BCUT2D eigenvalue weighted by Gasteiger charge is 1.91. The van der Waals surface area contributed by atoms with Crippen LogP contribution in [0.4, 0.5) is 0 Å². The first kappa shape index (κ1) is 12.2. The lowest BCUT2D eigenvalue weighted by molar-refractivity contribution is 0.903. The first-order chi connectivity index (χ1) is 6.20. The van der Waals surface area contributed by atoms with Crippen molar-refractivity contribution in [2.75, 3.05) is 0 Å². The Bertz CT molecular complexity index is 194. The Hall–Kier alpha value is -0.780. The van der Waals surface area contributed by atoms with E-state index in [-0.39, 0.29) is 0 Å². The summed E-state index contributed by atoms with van der Waals surface area (Å²) in [6, 6.07) is 0. The molecule has 0 heteroatoms. The van der Waals surface area contributed by atoms with Crippen LogP contribution in [0.2, 0.25) is 0 Å². The summed E-state index contributed by atoms with van der Waals surface area (Å²) in [6.07, 6.45) is 11.1. The van der Waals surface area contributed by atoms with Gasteiger partial charge in [0.1, 0.15) is 0 Å². The van der Waals surface area contributed by atoms with Crippen molar-refractivity contribution in [1.29, 1.82) is 0 Å². The molecule has 0 fully saturated rings. The van der Waals surface area contributed by atoms with Gasteiger partial charge in [0.15, 0.2) is 0 Å². The molecule has 0 aromatic heterocycles. The summed E-state index contributed by atoms with van der Waals surface area (Å²) in [7, 11) is 0. The molecule has 0 unspecified atom stereocenters. The molecule has 0 aromatic rings. The minimum atomic E-state index is 1.10. The average molecular weight is 178 g/mol. The fourth-order valence-electron chi connectivity index (χ4n) is 1.09. The summed E-state index contributed by atoms with van der Waals surface area (Å²) in [6.45, 7) is 10.2. The molecule has 0 N–H and O–H groups in total. The second-order valence-corrected chi connectivity index (χ2v) is 3.55. The highest BCUT2D eigenvalue weighted by Crippen LogP contribution is 2.11. The fraction of sp³-hybridized carbons (Fsp3) is 0.538. The monoisotopic (exact) mass is 178 g/mol. The van der Waals surface area contributed by atoms with E-state index in [2.05, 4.69) is 39.5 Å². The summed E-state index contributed by atoms with van der Waals surface area (Å²) in [4.78, 5) is 0. The zero-order valence-electron chi connectivity index (χ0n) is 9.27. The maximum Gasteiger partial charge on any atom is -0.0286 e. The van der Waals surface area contributed by atoms with Crippen molar-refractivity contribution in [3.63, 3.8) is 0 Å². The number of unbranched alkanes of at least 4 members (excludes halogenated alkanes) is 1. The van der Waals surface area contributed by atoms with E-state index in [1.165, 1.54) is 24.0 Å². The van der Waals surface area contributed by atoms with Crippen LogP contribution in [0, 0.1) is 0 Å². The zero-order valence-corrected chi connectivity index (χ0v) is 9.27. The highest BCUT2D eigenvalue weighted by molar-refractivity contribution is 5.04. The van der Waals surface area contributed by atoms with E-state index < -0.39 is 0 Å². The molecule has 0 aliphatic heterocycles. The van der Waals surface area contributed by atoms with Crippen molar-refractivity contribution in [1.82, 2.24) is 0 Å². The van der Waals surface area contributed by atoms with Crippen LogP contribution in [0.5, 0.6) is 0 Å². The van der Waals surface area contributed by atoms with Gasteiger partial charge in [-0.3, -0.25) is 0 Å². The van der Waals surface area contributed by atoms with Crippen LogP contribution in [-0.4, -0.2) is 0 Å². The minimum Gasteiger partial charge on any atom is -0.103 e. The number of rotatable bonds is 6. The van der Waals surface area contributed by atoms with Gasteiger partial charge in [0, 0.05) is 0 Å². The summed E-state index contributed by atoms with van der Waals surface area (Å²) in [5, 5.41) is 0. The van der Waals surface area contributed by atoms with E-state index >= 15 is 0 Å². The van der Waals surface area contributed by atoms with Crippen LogP contribution < -0.4 is 0 Å². The van der Waals surface area contributed by atoms with Gasteiger partial charge >= 0.3 is 0 Å². The quantitative estimate of drug-likeness (QED) is 0.410. The molecular formula is C13H22. The SMILES string of the molecule is C=CCC/C=C(/C)CC/C(C)=C\C. The predicted octanol–water partition coefficient (Wildman–Crippen LogP) is 4.65. The summed E-state index contributed by atoms with van der Waals surface area (Å²) >= 11 is 0. The Morgan fingerprint density at radius 2 is 1.69 bits per heavy atom. The van der Waals surface area contributed by atoms with Crippen molar-refractivity contribution in [3.05, 3.63) is 36.0 Å². The molecule has 0 radical (unpaired) electrons. The van der Waals surface area contributed by atoms with Crippen LogP contribution in [0.3, 0.4) is 0 Å². The van der Waals surface area contributed by atoms with E-state index in [1.807, 2.05) is 6.08 Å². The first-order valence-corrected chi connectivity index (χ1v) is 5.09. The summed E-state index contributed by atoms with van der Waals surface area (Å²) in [5.41, 5.74) is 2.99. The van der Waals surface area contributed by atoms with Gasteiger partial charge < -0.3 is 0 Å². The second-order valence-electron chi connectivity index (χ2n) is 3.55. The Morgan fingerprint density at radius 3 is 2.23 bits per heavy atom. The van der Waals surface area contributed by atoms with E-state index in [0.29, 0.717) is 0 Å². The number of hydrogen-bond donors (Lipinski definition) is 0. The van der Waals surface area contributed by atoms with Crippen LogP contribution in [0.1, 0.15) is 46.5 Å². The standard InChI is InChI=1S/C13H22/c1-5-7-8-9-13(4)11-10-12(3)6-2/h5-6,9H,1,7-8,10-11H2,2-4H3/b12-6-,13-9-. The molecule has 13 heavy (non-hydrogen) atoms. The van der Waals surface area contributed by atoms with Crippen molar-refractivity contribution in [3.8, 4) is 0 Å². The van der Waals surface area contributed by atoms with Crippen LogP contribution in [-0.2, 0) is 0 Å². The maximum atomic E-state index is 3.71. The van der Waals surface area contributed by atoms with E-state index in [1.54, 1.807) is 0 Å². The molecule has 0 nitrogen and oxygen atoms in total.